The van der Waals surface area contributed by atoms with E-state index in [4.69, 9.17) is 11.6 Å². The van der Waals surface area contributed by atoms with E-state index in [1.165, 1.54) is 0 Å². The van der Waals surface area contributed by atoms with Gasteiger partial charge in [-0.15, -0.1) is 0 Å². The van der Waals surface area contributed by atoms with Crippen LogP contribution >= 0.6 is 11.6 Å². The molecule has 1 aromatic heterocycles. The lowest BCUT2D eigenvalue weighted by molar-refractivity contribution is -0.125. The van der Waals surface area contributed by atoms with Crippen LogP contribution in [0.2, 0.25) is 5.02 Å². The van der Waals surface area contributed by atoms with Crippen molar-refractivity contribution in [3.8, 4) is 17.3 Å². The Balaban J connectivity index is 1.76. The highest BCUT2D eigenvalue weighted by Crippen LogP contribution is 2.29. The second-order valence-electron chi connectivity index (χ2n) is 9.73. The first-order chi connectivity index (χ1) is 16.5. The second kappa shape index (κ2) is 10.9. The van der Waals surface area contributed by atoms with Gasteiger partial charge in [0, 0.05) is 18.0 Å². The van der Waals surface area contributed by atoms with Crippen molar-refractivity contribution in [2.75, 3.05) is 6.54 Å². The smallest absolute Gasteiger partial charge is 0.275 e. The Morgan fingerprint density at radius 2 is 2.03 bits per heavy atom. The van der Waals surface area contributed by atoms with Crippen molar-refractivity contribution in [3.63, 3.8) is 0 Å². The molecule has 9 nitrogen and oxygen atoms in total. The minimum absolute atomic E-state index is 0.0445. The fourth-order valence-electron chi connectivity index (χ4n) is 3.94. The lowest BCUT2D eigenvalue weighted by Crippen LogP contribution is -2.51. The van der Waals surface area contributed by atoms with Gasteiger partial charge in [0.05, 0.1) is 11.1 Å². The number of nitrogens with zero attached hydrogens (tertiary/aromatic N) is 2. The Hall–Kier alpha value is -3.45. The monoisotopic (exact) mass is 502 g/mol. The Kier molecular flexibility index (Phi) is 8.12. The van der Waals surface area contributed by atoms with Gasteiger partial charge in [0.25, 0.3) is 5.91 Å². The fourth-order valence-corrected chi connectivity index (χ4v) is 4.17. The van der Waals surface area contributed by atoms with Crippen molar-refractivity contribution in [1.82, 2.24) is 26.1 Å². The van der Waals surface area contributed by atoms with Gasteiger partial charge < -0.3 is 16.0 Å². The number of aromatic amines is 1. The van der Waals surface area contributed by atoms with E-state index in [0.29, 0.717) is 18.5 Å². The number of nitriles is 1. The molecule has 0 bridgehead atoms. The molecule has 3 atom stereocenters. The average Bonchev–Trinajstić information content (AvgIpc) is 3.37. The fraction of sp³-hybridized carbons (Fsp3) is 0.458. The molecular formula is C24H28ClFN6O3. The van der Waals surface area contributed by atoms with Crippen LogP contribution < -0.4 is 16.0 Å². The molecule has 1 aliphatic heterocycles. The third kappa shape index (κ3) is 6.57. The summed E-state index contributed by atoms with van der Waals surface area (Å²) in [6.45, 7) is 6.18. The van der Waals surface area contributed by atoms with Gasteiger partial charge in [-0.2, -0.15) is 10.4 Å². The summed E-state index contributed by atoms with van der Waals surface area (Å²) in [6, 6.07) is 6.57. The van der Waals surface area contributed by atoms with Crippen molar-refractivity contribution in [2.24, 2.45) is 11.3 Å². The molecule has 2 aromatic rings. The van der Waals surface area contributed by atoms with Gasteiger partial charge in [-0.25, -0.2) is 4.39 Å². The maximum Gasteiger partial charge on any atom is 0.275 e. The molecule has 186 valence electrons. The molecule has 1 fully saturated rings. The van der Waals surface area contributed by atoms with Crippen LogP contribution in [0.3, 0.4) is 0 Å². The van der Waals surface area contributed by atoms with Crippen LogP contribution in [0.1, 0.15) is 50.5 Å². The predicted octanol–water partition coefficient (Wildman–Crippen LogP) is 2.94. The molecule has 35 heavy (non-hydrogen) atoms. The minimum Gasteiger partial charge on any atom is -0.356 e. The Morgan fingerprint density at radius 3 is 2.63 bits per heavy atom. The van der Waals surface area contributed by atoms with Gasteiger partial charge in [-0.1, -0.05) is 50.6 Å². The van der Waals surface area contributed by atoms with Crippen molar-refractivity contribution >= 4 is 29.3 Å². The van der Waals surface area contributed by atoms with Crippen LogP contribution in [0.5, 0.6) is 0 Å². The van der Waals surface area contributed by atoms with Crippen molar-refractivity contribution < 1.29 is 18.8 Å². The third-order valence-corrected chi connectivity index (χ3v) is 5.99. The largest absolute Gasteiger partial charge is 0.356 e. The van der Waals surface area contributed by atoms with Crippen LogP contribution in [-0.2, 0) is 9.59 Å². The molecule has 0 radical (unpaired) electrons. The van der Waals surface area contributed by atoms with E-state index in [9.17, 15) is 19.6 Å². The number of carbonyl (C=O) groups is 3. The zero-order valence-electron chi connectivity index (χ0n) is 19.7. The number of hydrogen-bond donors (Lipinski definition) is 4. The van der Waals surface area contributed by atoms with Gasteiger partial charge >= 0.3 is 0 Å². The molecule has 1 aromatic carbocycles. The van der Waals surface area contributed by atoms with Crippen LogP contribution in [0.25, 0.3) is 11.3 Å². The quantitative estimate of drug-likeness (QED) is 0.439. The molecular weight excluding hydrogens is 475 g/mol. The summed E-state index contributed by atoms with van der Waals surface area (Å²) in [4.78, 5) is 37.8. The molecule has 4 N–H and O–H groups in total. The Morgan fingerprint density at radius 1 is 1.31 bits per heavy atom. The zero-order valence-corrected chi connectivity index (χ0v) is 20.5. The molecule has 3 rings (SSSR count). The number of halogens is 2. The first-order valence-corrected chi connectivity index (χ1v) is 11.6. The maximum atomic E-state index is 15.1. The summed E-state index contributed by atoms with van der Waals surface area (Å²) < 4.78 is 15.1. The lowest BCUT2D eigenvalue weighted by atomic mass is 9.87. The molecule has 0 spiro atoms. The van der Waals surface area contributed by atoms with E-state index in [-0.39, 0.29) is 40.8 Å². The minimum atomic E-state index is -1.06. The highest BCUT2D eigenvalue weighted by molar-refractivity contribution is 6.33. The van der Waals surface area contributed by atoms with E-state index in [2.05, 4.69) is 26.1 Å². The van der Waals surface area contributed by atoms with Gasteiger partial charge in [-0.05, 0) is 30.7 Å². The molecule has 11 heteroatoms. The molecule has 0 unspecified atom stereocenters. The van der Waals surface area contributed by atoms with E-state index >= 15 is 4.39 Å². The summed E-state index contributed by atoms with van der Waals surface area (Å²) in [7, 11) is 0. The number of rotatable bonds is 8. The predicted molar refractivity (Wildman–Crippen MR) is 128 cm³/mol. The number of amides is 3. The molecule has 0 aliphatic carbocycles. The maximum absolute atomic E-state index is 15.1. The van der Waals surface area contributed by atoms with Gasteiger partial charge in [0.1, 0.15) is 17.8 Å². The summed E-state index contributed by atoms with van der Waals surface area (Å²) in [5.41, 5.74) is -0.589. The van der Waals surface area contributed by atoms with E-state index in [1.807, 2.05) is 26.8 Å². The van der Waals surface area contributed by atoms with Gasteiger partial charge in [0.2, 0.25) is 11.8 Å². The SMILES string of the molecule is CC(C)(C)C[C@H](NC(=O)c1n[nH]c(-c2ccccc2Cl)c1F)C(=O)N[C@H](C#N)C[C@@H]1CCNC1=O. The number of H-pyrrole nitrogens is 1. The normalized spacial score (nSPS) is 17.3. The van der Waals surface area contributed by atoms with Crippen molar-refractivity contribution in [1.29, 1.82) is 5.26 Å². The Labute approximate surface area is 207 Å². The number of aromatic nitrogens is 2. The molecule has 1 aliphatic rings. The lowest BCUT2D eigenvalue weighted by Gasteiger charge is -2.27. The number of benzene rings is 1. The average molecular weight is 503 g/mol. The standard InChI is InChI=1S/C24H28ClFN6O3/c1-24(2,3)11-17(22(34)29-14(12-27)10-13-8-9-28-21(13)33)30-23(35)20-18(26)19(31-32-20)15-6-4-5-7-16(15)25/h4-7,13-14,17H,8-11H2,1-3H3,(H,28,33)(H,29,34)(H,30,35)(H,31,32)/t13-,14-,17-/m0/s1. The molecule has 0 saturated carbocycles. The first kappa shape index (κ1) is 26.2. The van der Waals surface area contributed by atoms with Gasteiger partial charge in [-0.3, -0.25) is 19.5 Å². The van der Waals surface area contributed by atoms with E-state index in [1.54, 1.807) is 24.3 Å². The zero-order chi connectivity index (χ0) is 25.8. The summed E-state index contributed by atoms with van der Waals surface area (Å²) in [6.07, 6.45) is 0.969. The highest BCUT2D eigenvalue weighted by atomic mass is 35.5. The third-order valence-electron chi connectivity index (χ3n) is 5.66. The van der Waals surface area contributed by atoms with Crippen LogP contribution in [0.4, 0.5) is 4.39 Å². The van der Waals surface area contributed by atoms with Crippen LogP contribution in [-0.4, -0.2) is 46.5 Å². The number of carbonyl (C=O) groups excluding carboxylic acids is 3. The summed E-state index contributed by atoms with van der Waals surface area (Å²) >= 11 is 6.13. The molecule has 2 heterocycles. The van der Waals surface area contributed by atoms with Crippen LogP contribution in [0, 0.1) is 28.5 Å². The second-order valence-corrected chi connectivity index (χ2v) is 10.1. The summed E-state index contributed by atoms with van der Waals surface area (Å²) in [5, 5.41) is 23.9. The van der Waals surface area contributed by atoms with Crippen molar-refractivity contribution in [2.45, 2.75) is 52.1 Å². The van der Waals surface area contributed by atoms with E-state index < -0.39 is 35.4 Å². The molecule has 3 amide bonds. The number of hydrogen-bond acceptors (Lipinski definition) is 5. The van der Waals surface area contributed by atoms with Crippen molar-refractivity contribution in [3.05, 3.63) is 40.8 Å². The van der Waals surface area contributed by atoms with Crippen LogP contribution in [0.15, 0.2) is 24.3 Å². The summed E-state index contributed by atoms with van der Waals surface area (Å²) in [5.74, 6) is -2.89. The highest BCUT2D eigenvalue weighted by Gasteiger charge is 2.33. The molecule has 1 saturated heterocycles. The Bertz CT molecular complexity index is 1150. The van der Waals surface area contributed by atoms with E-state index in [0.717, 1.165) is 0 Å². The van der Waals surface area contributed by atoms with Gasteiger partial charge in [0.15, 0.2) is 11.5 Å². The number of nitrogens with one attached hydrogen (secondary N) is 4. The topological polar surface area (TPSA) is 140 Å². The first-order valence-electron chi connectivity index (χ1n) is 11.3.